The van der Waals surface area contributed by atoms with Crippen LogP contribution in [0.5, 0.6) is 0 Å². The first kappa shape index (κ1) is 16.3. The molecule has 18 heavy (non-hydrogen) atoms. The van der Waals surface area contributed by atoms with Gasteiger partial charge in [0.15, 0.2) is 0 Å². The lowest BCUT2D eigenvalue weighted by molar-refractivity contribution is 0.149. The highest BCUT2D eigenvalue weighted by Gasteiger charge is 2.28. The lowest BCUT2D eigenvalue weighted by Gasteiger charge is -2.36. The van der Waals surface area contributed by atoms with Crippen molar-refractivity contribution < 1.29 is 0 Å². The Hall–Kier alpha value is 0.270. The predicted octanol–water partition coefficient (Wildman–Crippen LogP) is 3.09. The first-order valence-electron chi connectivity index (χ1n) is 7.45. The van der Waals surface area contributed by atoms with E-state index in [0.717, 1.165) is 25.0 Å². The van der Waals surface area contributed by atoms with Crippen LogP contribution in [0.4, 0.5) is 0 Å². The maximum absolute atomic E-state index is 3.64. The summed E-state index contributed by atoms with van der Waals surface area (Å²) < 4.78 is 0. The molecule has 0 aromatic rings. The zero-order valence-corrected chi connectivity index (χ0v) is 13.8. The van der Waals surface area contributed by atoms with Gasteiger partial charge in [-0.05, 0) is 43.5 Å². The van der Waals surface area contributed by atoms with Crippen molar-refractivity contribution in [3.63, 3.8) is 0 Å². The SMILES string of the molecule is CCC(C)(CNCC(C)C)CN(C)C1CCSC1. The van der Waals surface area contributed by atoms with Crippen LogP contribution in [-0.2, 0) is 0 Å². The van der Waals surface area contributed by atoms with Gasteiger partial charge in [0.2, 0.25) is 0 Å². The Bertz CT molecular complexity index is 227. The van der Waals surface area contributed by atoms with Crippen molar-refractivity contribution >= 4 is 11.8 Å². The number of nitrogens with zero attached hydrogens (tertiary/aromatic N) is 1. The molecule has 1 N–H and O–H groups in total. The van der Waals surface area contributed by atoms with Crippen molar-refractivity contribution in [2.24, 2.45) is 11.3 Å². The van der Waals surface area contributed by atoms with Crippen molar-refractivity contribution in [1.82, 2.24) is 10.2 Å². The van der Waals surface area contributed by atoms with E-state index in [1.807, 2.05) is 0 Å². The van der Waals surface area contributed by atoms with Gasteiger partial charge >= 0.3 is 0 Å². The van der Waals surface area contributed by atoms with Crippen molar-refractivity contribution in [2.45, 2.75) is 46.6 Å². The van der Waals surface area contributed by atoms with Crippen LogP contribution in [0.2, 0.25) is 0 Å². The predicted molar refractivity (Wildman–Crippen MR) is 84.5 cm³/mol. The van der Waals surface area contributed by atoms with E-state index in [1.54, 1.807) is 0 Å². The highest BCUT2D eigenvalue weighted by atomic mass is 32.2. The summed E-state index contributed by atoms with van der Waals surface area (Å²) in [7, 11) is 2.31. The van der Waals surface area contributed by atoms with Gasteiger partial charge in [-0.25, -0.2) is 0 Å². The molecular formula is C15H32N2S. The minimum atomic E-state index is 0.414. The molecule has 0 radical (unpaired) electrons. The summed E-state index contributed by atoms with van der Waals surface area (Å²) in [5.74, 6) is 3.43. The van der Waals surface area contributed by atoms with E-state index in [0.29, 0.717) is 5.41 Å². The van der Waals surface area contributed by atoms with E-state index in [1.165, 1.54) is 30.9 Å². The Morgan fingerprint density at radius 2 is 2.17 bits per heavy atom. The second kappa shape index (κ2) is 7.76. The third-order valence-electron chi connectivity index (χ3n) is 4.12. The van der Waals surface area contributed by atoms with Crippen LogP contribution in [0.1, 0.15) is 40.5 Å². The Balaban J connectivity index is 2.37. The molecule has 2 unspecified atom stereocenters. The van der Waals surface area contributed by atoms with E-state index in [4.69, 9.17) is 0 Å². The first-order valence-corrected chi connectivity index (χ1v) is 8.61. The monoisotopic (exact) mass is 272 g/mol. The van der Waals surface area contributed by atoms with E-state index < -0.39 is 0 Å². The molecule has 2 atom stereocenters. The smallest absolute Gasteiger partial charge is 0.0191 e. The quantitative estimate of drug-likeness (QED) is 0.731. The molecule has 0 aromatic heterocycles. The van der Waals surface area contributed by atoms with Crippen LogP contribution in [0, 0.1) is 11.3 Å². The van der Waals surface area contributed by atoms with Crippen LogP contribution in [0.15, 0.2) is 0 Å². The molecule has 1 aliphatic rings. The average Bonchev–Trinajstić information content (AvgIpc) is 2.82. The van der Waals surface area contributed by atoms with Gasteiger partial charge in [-0.2, -0.15) is 11.8 Å². The van der Waals surface area contributed by atoms with Gasteiger partial charge in [0.1, 0.15) is 0 Å². The number of hydrogen-bond acceptors (Lipinski definition) is 3. The third-order valence-corrected chi connectivity index (χ3v) is 5.26. The van der Waals surface area contributed by atoms with Gasteiger partial charge in [0, 0.05) is 24.9 Å². The highest BCUT2D eigenvalue weighted by molar-refractivity contribution is 7.99. The molecule has 0 aromatic carbocycles. The normalized spacial score (nSPS) is 23.8. The van der Waals surface area contributed by atoms with Crippen LogP contribution in [-0.4, -0.2) is 49.1 Å². The van der Waals surface area contributed by atoms with Gasteiger partial charge in [-0.1, -0.05) is 27.7 Å². The highest BCUT2D eigenvalue weighted by Crippen LogP contribution is 2.26. The minimum Gasteiger partial charge on any atom is -0.316 e. The minimum absolute atomic E-state index is 0.414. The summed E-state index contributed by atoms with van der Waals surface area (Å²) in [5.41, 5.74) is 0.414. The van der Waals surface area contributed by atoms with Gasteiger partial charge in [0.25, 0.3) is 0 Å². The van der Waals surface area contributed by atoms with Gasteiger partial charge in [-0.15, -0.1) is 0 Å². The molecule has 0 spiro atoms. The van der Waals surface area contributed by atoms with Crippen molar-refractivity contribution in [3.05, 3.63) is 0 Å². The van der Waals surface area contributed by atoms with Crippen LogP contribution in [0.3, 0.4) is 0 Å². The third kappa shape index (κ3) is 5.50. The lowest BCUT2D eigenvalue weighted by Crippen LogP contribution is -2.45. The molecule has 0 amide bonds. The largest absolute Gasteiger partial charge is 0.316 e. The van der Waals surface area contributed by atoms with Crippen molar-refractivity contribution in [3.8, 4) is 0 Å². The number of rotatable bonds is 8. The fraction of sp³-hybridized carbons (Fsp3) is 1.00. The summed E-state index contributed by atoms with van der Waals surface area (Å²) in [4.78, 5) is 2.60. The van der Waals surface area contributed by atoms with E-state index in [9.17, 15) is 0 Å². The Morgan fingerprint density at radius 3 is 2.67 bits per heavy atom. The van der Waals surface area contributed by atoms with E-state index >= 15 is 0 Å². The van der Waals surface area contributed by atoms with E-state index in [2.05, 4.69) is 56.7 Å². The number of nitrogens with one attached hydrogen (secondary N) is 1. The topological polar surface area (TPSA) is 15.3 Å². The Kier molecular flexibility index (Phi) is 7.04. The van der Waals surface area contributed by atoms with Gasteiger partial charge in [-0.3, -0.25) is 0 Å². The fourth-order valence-electron chi connectivity index (χ4n) is 2.56. The van der Waals surface area contributed by atoms with Crippen LogP contribution >= 0.6 is 11.8 Å². The number of hydrogen-bond donors (Lipinski definition) is 1. The Morgan fingerprint density at radius 1 is 1.44 bits per heavy atom. The lowest BCUT2D eigenvalue weighted by atomic mass is 9.86. The average molecular weight is 273 g/mol. The molecule has 2 nitrogen and oxygen atoms in total. The summed E-state index contributed by atoms with van der Waals surface area (Å²) in [6.45, 7) is 12.8. The second-order valence-electron chi connectivity index (χ2n) is 6.62. The summed E-state index contributed by atoms with van der Waals surface area (Å²) >= 11 is 2.11. The molecule has 0 saturated carbocycles. The summed E-state index contributed by atoms with van der Waals surface area (Å²) in [6, 6.07) is 0.811. The molecular weight excluding hydrogens is 240 g/mol. The summed E-state index contributed by atoms with van der Waals surface area (Å²) in [6.07, 6.45) is 2.63. The molecule has 1 heterocycles. The first-order chi connectivity index (χ1) is 8.47. The van der Waals surface area contributed by atoms with Crippen LogP contribution in [0.25, 0.3) is 0 Å². The summed E-state index contributed by atoms with van der Waals surface area (Å²) in [5, 5.41) is 3.64. The van der Waals surface area contributed by atoms with Gasteiger partial charge < -0.3 is 10.2 Å². The molecule has 1 aliphatic heterocycles. The molecule has 1 fully saturated rings. The molecule has 3 heteroatoms. The maximum Gasteiger partial charge on any atom is 0.0191 e. The van der Waals surface area contributed by atoms with Gasteiger partial charge in [0.05, 0.1) is 0 Å². The van der Waals surface area contributed by atoms with Crippen molar-refractivity contribution in [1.29, 1.82) is 0 Å². The zero-order chi connectivity index (χ0) is 13.6. The van der Waals surface area contributed by atoms with Crippen LogP contribution < -0.4 is 5.32 Å². The molecule has 1 rings (SSSR count). The van der Waals surface area contributed by atoms with Crippen molar-refractivity contribution in [2.75, 3.05) is 38.2 Å². The molecule has 0 aliphatic carbocycles. The molecule has 108 valence electrons. The Labute approximate surface area is 118 Å². The number of thioether (sulfide) groups is 1. The standard InChI is InChI=1S/C15H32N2S/c1-6-15(4,11-16-9-13(2)3)12-17(5)14-7-8-18-10-14/h13-14,16H,6-12H2,1-5H3. The second-order valence-corrected chi connectivity index (χ2v) is 7.77. The fourth-order valence-corrected chi connectivity index (χ4v) is 3.85. The van der Waals surface area contributed by atoms with E-state index in [-0.39, 0.29) is 0 Å². The zero-order valence-electron chi connectivity index (χ0n) is 13.0. The molecule has 0 bridgehead atoms. The molecule has 1 saturated heterocycles. The maximum atomic E-state index is 3.64.